The van der Waals surface area contributed by atoms with Crippen molar-refractivity contribution in [3.63, 3.8) is 0 Å². The van der Waals surface area contributed by atoms with Gasteiger partial charge in [0.2, 0.25) is 5.88 Å². The molecule has 0 radical (unpaired) electrons. The van der Waals surface area contributed by atoms with E-state index in [4.69, 9.17) is 14.5 Å². The second-order valence-electron chi connectivity index (χ2n) is 9.06. The number of imidazole rings is 1. The van der Waals surface area contributed by atoms with E-state index in [0.29, 0.717) is 29.7 Å². The highest BCUT2D eigenvalue weighted by Gasteiger charge is 2.11. The largest absolute Gasteiger partial charge is 0.494 e. The predicted octanol–water partition coefficient (Wildman–Crippen LogP) is 5.81. The summed E-state index contributed by atoms with van der Waals surface area (Å²) in [6.45, 7) is 4.51. The van der Waals surface area contributed by atoms with Crippen LogP contribution in [0.25, 0.3) is 11.0 Å². The van der Waals surface area contributed by atoms with Crippen molar-refractivity contribution in [1.82, 2.24) is 14.5 Å². The first-order valence-electron chi connectivity index (χ1n) is 12.0. The summed E-state index contributed by atoms with van der Waals surface area (Å²) < 4.78 is 14.1. The van der Waals surface area contributed by atoms with Gasteiger partial charge in [0.1, 0.15) is 29.7 Å². The van der Waals surface area contributed by atoms with Crippen molar-refractivity contribution in [2.75, 3.05) is 5.32 Å². The molecule has 0 saturated heterocycles. The maximum Gasteiger partial charge on any atom is 0.307 e. The molecule has 0 fully saturated rings. The summed E-state index contributed by atoms with van der Waals surface area (Å²) in [4.78, 5) is 18.8. The molecule has 3 N–H and O–H groups in total. The first-order chi connectivity index (χ1) is 17.8. The van der Waals surface area contributed by atoms with Gasteiger partial charge in [-0.05, 0) is 55.8 Å². The molecule has 9 heteroatoms. The van der Waals surface area contributed by atoms with Crippen molar-refractivity contribution in [3.05, 3.63) is 92.7 Å². The van der Waals surface area contributed by atoms with E-state index in [1.54, 1.807) is 0 Å². The van der Waals surface area contributed by atoms with Crippen molar-refractivity contribution in [3.8, 4) is 23.1 Å². The highest BCUT2D eigenvalue weighted by atomic mass is 32.1. The zero-order valence-electron chi connectivity index (χ0n) is 20.8. The van der Waals surface area contributed by atoms with Gasteiger partial charge >= 0.3 is 4.87 Å². The van der Waals surface area contributed by atoms with Crippen molar-refractivity contribution >= 4 is 28.1 Å². The first kappa shape index (κ1) is 24.5. The fourth-order valence-electron chi connectivity index (χ4n) is 4.04. The second kappa shape index (κ2) is 10.4. The Morgan fingerprint density at radius 1 is 1.05 bits per heavy atom. The maximum atomic E-state index is 11.4. The van der Waals surface area contributed by atoms with E-state index in [-0.39, 0.29) is 10.8 Å². The Morgan fingerprint density at radius 3 is 2.54 bits per heavy atom. The van der Waals surface area contributed by atoms with Crippen molar-refractivity contribution in [1.29, 1.82) is 0 Å². The van der Waals surface area contributed by atoms with Crippen LogP contribution in [-0.2, 0) is 20.1 Å². The third-order valence-corrected chi connectivity index (χ3v) is 6.70. The Morgan fingerprint density at radius 2 is 1.81 bits per heavy atom. The summed E-state index contributed by atoms with van der Waals surface area (Å²) >= 11 is 1.01. The molecule has 2 aromatic heterocycles. The average molecular weight is 517 g/mol. The molecular weight excluding hydrogens is 488 g/mol. The van der Waals surface area contributed by atoms with E-state index in [9.17, 15) is 9.90 Å². The second-order valence-corrected chi connectivity index (χ2v) is 10.1. The molecule has 8 nitrogen and oxygen atoms in total. The van der Waals surface area contributed by atoms with E-state index < -0.39 is 0 Å². The molecule has 5 rings (SSSR count). The van der Waals surface area contributed by atoms with E-state index in [1.807, 2.05) is 78.3 Å². The lowest BCUT2D eigenvalue weighted by molar-refractivity contribution is 0.292. The first-order valence-corrected chi connectivity index (χ1v) is 12.8. The summed E-state index contributed by atoms with van der Waals surface area (Å²) in [5.41, 5.74) is 3.80. The summed E-state index contributed by atoms with van der Waals surface area (Å²) in [6.07, 6.45) is 0.475. The predicted molar refractivity (Wildman–Crippen MR) is 146 cm³/mol. The maximum absolute atomic E-state index is 11.4. The monoisotopic (exact) mass is 516 g/mol. The molecule has 0 atom stereocenters. The quantitative estimate of drug-likeness (QED) is 0.229. The smallest absolute Gasteiger partial charge is 0.307 e. The minimum Gasteiger partial charge on any atom is -0.494 e. The molecule has 2 heterocycles. The van der Waals surface area contributed by atoms with Gasteiger partial charge in [0.05, 0.1) is 15.9 Å². The summed E-state index contributed by atoms with van der Waals surface area (Å²) in [6, 6.07) is 21.7. The van der Waals surface area contributed by atoms with Crippen molar-refractivity contribution in [2.24, 2.45) is 7.05 Å². The number of aromatic amines is 1. The van der Waals surface area contributed by atoms with Gasteiger partial charge in [-0.15, -0.1) is 0 Å². The average Bonchev–Trinajstić information content (AvgIpc) is 3.35. The molecule has 5 aromatic rings. The Hall–Kier alpha value is -4.24. The lowest BCUT2D eigenvalue weighted by atomic mass is 10.1. The van der Waals surface area contributed by atoms with Crippen LogP contribution in [0, 0.1) is 0 Å². The van der Waals surface area contributed by atoms with E-state index in [1.165, 1.54) is 0 Å². The summed E-state index contributed by atoms with van der Waals surface area (Å²) in [5.74, 6) is 2.93. The van der Waals surface area contributed by atoms with Gasteiger partial charge in [-0.25, -0.2) is 4.98 Å². The molecule has 0 bridgehead atoms. The number of hydrogen-bond donors (Lipinski definition) is 3. The lowest BCUT2D eigenvalue weighted by Crippen LogP contribution is -2.09. The van der Waals surface area contributed by atoms with E-state index in [2.05, 4.69) is 24.1 Å². The number of thiazole rings is 1. The minimum absolute atomic E-state index is 0.0672. The topological polar surface area (TPSA) is 101 Å². The van der Waals surface area contributed by atoms with Crippen LogP contribution in [0.15, 0.2) is 71.5 Å². The van der Waals surface area contributed by atoms with Gasteiger partial charge in [-0.1, -0.05) is 29.5 Å². The van der Waals surface area contributed by atoms with Crippen LogP contribution in [0.1, 0.15) is 30.1 Å². The highest BCUT2D eigenvalue weighted by Crippen LogP contribution is 2.28. The zero-order valence-corrected chi connectivity index (χ0v) is 21.6. The Kier molecular flexibility index (Phi) is 6.87. The number of nitrogens with one attached hydrogen (secondary N) is 2. The van der Waals surface area contributed by atoms with Crippen LogP contribution >= 0.6 is 11.3 Å². The summed E-state index contributed by atoms with van der Waals surface area (Å²) in [7, 11) is 1.96. The molecule has 0 aliphatic rings. The van der Waals surface area contributed by atoms with Gasteiger partial charge in [-0.3, -0.25) is 9.78 Å². The number of aromatic nitrogens is 3. The van der Waals surface area contributed by atoms with Crippen LogP contribution in [0.4, 0.5) is 5.69 Å². The van der Waals surface area contributed by atoms with Crippen molar-refractivity contribution in [2.45, 2.75) is 32.9 Å². The molecule has 0 aliphatic heterocycles. The number of aryl methyl sites for hydroxylation is 1. The lowest BCUT2D eigenvalue weighted by Gasteiger charge is -2.12. The standard InChI is InChI=1S/C28H28N4O4S/c1-17(2)29-19-5-4-6-21(14-19)36-22-11-12-23-24(15-22)32(3)26(30-23)16-35-20-9-7-18(8-10-20)13-25-27(33)31-28(34)37-25/h4-12,14-15,17,29,33H,13,16H2,1-3H3,(H,31,34). The summed E-state index contributed by atoms with van der Waals surface area (Å²) in [5, 5.41) is 13.2. The van der Waals surface area contributed by atoms with Gasteiger partial charge in [0.25, 0.3) is 0 Å². The Balaban J connectivity index is 1.25. The number of ether oxygens (including phenoxy) is 2. The van der Waals surface area contributed by atoms with E-state index >= 15 is 0 Å². The fraction of sp³-hybridized carbons (Fsp3) is 0.214. The molecule has 0 spiro atoms. The number of benzene rings is 3. The molecule has 3 aromatic carbocycles. The van der Waals surface area contributed by atoms with Crippen LogP contribution in [0.5, 0.6) is 23.1 Å². The molecule has 190 valence electrons. The van der Waals surface area contributed by atoms with E-state index in [0.717, 1.165) is 50.9 Å². The number of rotatable bonds is 9. The molecule has 0 saturated carbocycles. The molecule has 0 aliphatic carbocycles. The number of nitrogens with zero attached hydrogens (tertiary/aromatic N) is 2. The third-order valence-electron chi connectivity index (χ3n) is 5.83. The normalized spacial score (nSPS) is 11.2. The van der Waals surface area contributed by atoms with Crippen LogP contribution < -0.4 is 19.7 Å². The Bertz CT molecular complexity index is 1580. The Labute approximate surface area is 218 Å². The van der Waals surface area contributed by atoms with Gasteiger partial charge in [0, 0.05) is 37.3 Å². The number of anilines is 1. The zero-order chi connectivity index (χ0) is 25.9. The number of hydrogen-bond acceptors (Lipinski definition) is 7. The third kappa shape index (κ3) is 5.78. The molecular formula is C28H28N4O4S. The van der Waals surface area contributed by atoms with Gasteiger partial charge < -0.3 is 24.5 Å². The highest BCUT2D eigenvalue weighted by molar-refractivity contribution is 7.09. The number of H-pyrrole nitrogens is 1. The minimum atomic E-state index is -0.262. The van der Waals surface area contributed by atoms with Crippen molar-refractivity contribution < 1.29 is 14.6 Å². The van der Waals surface area contributed by atoms with Crippen LogP contribution in [0.3, 0.4) is 0 Å². The van der Waals surface area contributed by atoms with Crippen LogP contribution in [0.2, 0.25) is 0 Å². The fourth-order valence-corrected chi connectivity index (χ4v) is 4.80. The molecule has 0 amide bonds. The molecule has 0 unspecified atom stereocenters. The molecule has 37 heavy (non-hydrogen) atoms. The SMILES string of the molecule is CC(C)Nc1cccc(Oc2ccc3nc(COc4ccc(Cc5sc(=O)[nH]c5O)cc4)n(C)c3c2)c1. The number of fused-ring (bicyclic) bond motifs is 1. The van der Waals surface area contributed by atoms with Gasteiger partial charge in [-0.2, -0.15) is 0 Å². The number of aromatic hydroxyl groups is 1. The van der Waals surface area contributed by atoms with Gasteiger partial charge in [0.15, 0.2) is 0 Å². The van der Waals surface area contributed by atoms with Crippen LogP contribution in [-0.4, -0.2) is 25.7 Å².